The number of rotatable bonds is 4. The smallest absolute Gasteiger partial charge is 0.0492 e. The summed E-state index contributed by atoms with van der Waals surface area (Å²) in [6, 6.07) is 2.50. The topological polar surface area (TPSA) is 43.8 Å². The molecule has 3 nitrogen and oxygen atoms in total. The van der Waals surface area contributed by atoms with Crippen LogP contribution in [-0.4, -0.2) is 15.8 Å². The molecule has 1 aromatic rings. The largest absolute Gasteiger partial charge is 0.327 e. The summed E-state index contributed by atoms with van der Waals surface area (Å²) in [7, 11) is 2.01. The van der Waals surface area contributed by atoms with E-state index in [9.17, 15) is 0 Å². The number of hydrogen-bond acceptors (Lipinski definition) is 2. The molecule has 0 bridgehead atoms. The highest BCUT2D eigenvalue weighted by atomic mass is 15.2. The predicted octanol–water partition coefficient (Wildman–Crippen LogP) is 1.73. The first kappa shape index (κ1) is 10.3. The fourth-order valence-corrected chi connectivity index (χ4v) is 3.31. The van der Waals surface area contributed by atoms with Crippen molar-refractivity contribution in [3.63, 3.8) is 0 Å². The first-order valence-corrected chi connectivity index (χ1v) is 6.46. The number of aryl methyl sites for hydroxylation is 2. The van der Waals surface area contributed by atoms with Crippen molar-refractivity contribution in [1.29, 1.82) is 0 Å². The second-order valence-electron chi connectivity index (χ2n) is 5.64. The van der Waals surface area contributed by atoms with Crippen LogP contribution in [0.15, 0.2) is 12.3 Å². The summed E-state index contributed by atoms with van der Waals surface area (Å²) in [4.78, 5) is 0. The van der Waals surface area contributed by atoms with Crippen LogP contribution < -0.4 is 5.73 Å². The molecule has 2 fully saturated rings. The lowest BCUT2D eigenvalue weighted by Gasteiger charge is -2.20. The summed E-state index contributed by atoms with van der Waals surface area (Å²) in [5, 5.41) is 4.19. The Morgan fingerprint density at radius 1 is 1.44 bits per heavy atom. The average Bonchev–Trinajstić information content (AvgIpc) is 2.71. The van der Waals surface area contributed by atoms with E-state index in [1.165, 1.54) is 25.0 Å². The van der Waals surface area contributed by atoms with Crippen molar-refractivity contribution < 1.29 is 0 Å². The quantitative estimate of drug-likeness (QED) is 0.838. The molecule has 3 rings (SSSR count). The maximum atomic E-state index is 6.30. The number of aromatic nitrogens is 2. The Bertz CT molecular complexity index is 361. The van der Waals surface area contributed by atoms with E-state index in [-0.39, 0.29) is 0 Å². The fraction of sp³-hybridized carbons (Fsp3) is 0.769. The monoisotopic (exact) mass is 219 g/mol. The van der Waals surface area contributed by atoms with Gasteiger partial charge in [-0.2, -0.15) is 5.10 Å². The van der Waals surface area contributed by atoms with Crippen molar-refractivity contribution in [2.24, 2.45) is 30.5 Å². The summed E-state index contributed by atoms with van der Waals surface area (Å²) in [6.07, 6.45) is 8.35. The van der Waals surface area contributed by atoms with Crippen LogP contribution in [0.3, 0.4) is 0 Å². The standard InChI is InChI=1S/C13H21N3/c1-16-12(4-5-15-16)2-3-13(14)11-7-9-6-10(9)8-11/h4-5,9-11,13H,2-3,6-8,14H2,1H3. The zero-order valence-electron chi connectivity index (χ0n) is 9.97. The van der Waals surface area contributed by atoms with Crippen LogP contribution in [0.1, 0.15) is 31.4 Å². The van der Waals surface area contributed by atoms with Gasteiger partial charge in [0.05, 0.1) is 0 Å². The van der Waals surface area contributed by atoms with E-state index in [0.717, 1.165) is 30.6 Å². The molecule has 0 aliphatic heterocycles. The SMILES string of the molecule is Cn1nccc1CCC(N)C1CC2CC2C1. The Hall–Kier alpha value is -0.830. The first-order valence-electron chi connectivity index (χ1n) is 6.46. The van der Waals surface area contributed by atoms with Gasteiger partial charge in [0, 0.05) is 25.0 Å². The molecule has 2 aliphatic carbocycles. The number of nitrogens with zero attached hydrogens (tertiary/aromatic N) is 2. The molecule has 0 radical (unpaired) electrons. The lowest BCUT2D eigenvalue weighted by molar-refractivity contribution is 0.375. The third-order valence-corrected chi connectivity index (χ3v) is 4.54. The second-order valence-corrected chi connectivity index (χ2v) is 5.64. The Morgan fingerprint density at radius 2 is 2.19 bits per heavy atom. The number of nitrogens with two attached hydrogens (primary N) is 1. The van der Waals surface area contributed by atoms with Gasteiger partial charge in [-0.15, -0.1) is 0 Å². The summed E-state index contributed by atoms with van der Waals surface area (Å²) in [5.74, 6) is 2.90. The van der Waals surface area contributed by atoms with Gasteiger partial charge in [-0.05, 0) is 55.9 Å². The lowest BCUT2D eigenvalue weighted by atomic mass is 9.91. The molecule has 2 saturated carbocycles. The Balaban J connectivity index is 1.49. The molecule has 3 unspecified atom stereocenters. The Morgan fingerprint density at radius 3 is 2.81 bits per heavy atom. The fourth-order valence-electron chi connectivity index (χ4n) is 3.31. The van der Waals surface area contributed by atoms with E-state index in [2.05, 4.69) is 11.2 Å². The van der Waals surface area contributed by atoms with Crippen LogP contribution in [-0.2, 0) is 13.5 Å². The highest BCUT2D eigenvalue weighted by molar-refractivity contribution is 5.02. The minimum absolute atomic E-state index is 0.405. The Kier molecular flexibility index (Phi) is 2.51. The zero-order chi connectivity index (χ0) is 11.1. The van der Waals surface area contributed by atoms with Gasteiger partial charge in [-0.3, -0.25) is 4.68 Å². The van der Waals surface area contributed by atoms with Gasteiger partial charge in [-0.25, -0.2) is 0 Å². The number of hydrogen-bond donors (Lipinski definition) is 1. The second kappa shape index (κ2) is 3.88. The van der Waals surface area contributed by atoms with Crippen molar-refractivity contribution in [1.82, 2.24) is 9.78 Å². The predicted molar refractivity (Wildman–Crippen MR) is 63.8 cm³/mol. The van der Waals surface area contributed by atoms with Crippen LogP contribution in [0, 0.1) is 17.8 Å². The number of fused-ring (bicyclic) bond motifs is 1. The van der Waals surface area contributed by atoms with E-state index in [0.29, 0.717) is 6.04 Å². The molecular weight excluding hydrogens is 198 g/mol. The molecule has 88 valence electrons. The molecule has 3 atom stereocenters. The van der Waals surface area contributed by atoms with Crippen molar-refractivity contribution in [2.45, 2.75) is 38.1 Å². The third kappa shape index (κ3) is 1.88. The van der Waals surface area contributed by atoms with Crippen LogP contribution in [0.2, 0.25) is 0 Å². The van der Waals surface area contributed by atoms with Gasteiger partial charge in [0.1, 0.15) is 0 Å². The highest BCUT2D eigenvalue weighted by Crippen LogP contribution is 2.55. The van der Waals surface area contributed by atoms with Crippen molar-refractivity contribution in [2.75, 3.05) is 0 Å². The third-order valence-electron chi connectivity index (χ3n) is 4.54. The molecular formula is C13H21N3. The zero-order valence-corrected chi connectivity index (χ0v) is 9.97. The van der Waals surface area contributed by atoms with Crippen LogP contribution >= 0.6 is 0 Å². The molecule has 2 N–H and O–H groups in total. The van der Waals surface area contributed by atoms with E-state index in [1.807, 2.05) is 17.9 Å². The minimum Gasteiger partial charge on any atom is -0.327 e. The normalized spacial score (nSPS) is 33.8. The minimum atomic E-state index is 0.405. The van der Waals surface area contributed by atoms with E-state index in [4.69, 9.17) is 5.73 Å². The molecule has 0 aromatic carbocycles. The molecule has 1 heterocycles. The van der Waals surface area contributed by atoms with Crippen molar-refractivity contribution >= 4 is 0 Å². The van der Waals surface area contributed by atoms with Crippen LogP contribution in [0.4, 0.5) is 0 Å². The van der Waals surface area contributed by atoms with E-state index < -0.39 is 0 Å². The summed E-state index contributed by atoms with van der Waals surface area (Å²) < 4.78 is 1.96. The van der Waals surface area contributed by atoms with E-state index in [1.54, 1.807) is 0 Å². The Labute approximate surface area is 97.0 Å². The van der Waals surface area contributed by atoms with Crippen molar-refractivity contribution in [3.8, 4) is 0 Å². The molecule has 16 heavy (non-hydrogen) atoms. The van der Waals surface area contributed by atoms with Gasteiger partial charge in [0.25, 0.3) is 0 Å². The van der Waals surface area contributed by atoms with E-state index >= 15 is 0 Å². The lowest BCUT2D eigenvalue weighted by Crippen LogP contribution is -2.30. The molecule has 0 spiro atoms. The molecule has 3 heteroatoms. The average molecular weight is 219 g/mol. The van der Waals surface area contributed by atoms with Gasteiger partial charge < -0.3 is 5.73 Å². The van der Waals surface area contributed by atoms with Gasteiger partial charge in [0.2, 0.25) is 0 Å². The molecule has 0 amide bonds. The summed E-state index contributed by atoms with van der Waals surface area (Å²) in [5.41, 5.74) is 7.60. The van der Waals surface area contributed by atoms with Crippen LogP contribution in [0.5, 0.6) is 0 Å². The maximum Gasteiger partial charge on any atom is 0.0492 e. The summed E-state index contributed by atoms with van der Waals surface area (Å²) in [6.45, 7) is 0. The first-order chi connectivity index (χ1) is 7.74. The molecule has 2 aliphatic rings. The maximum absolute atomic E-state index is 6.30. The molecule has 1 aromatic heterocycles. The van der Waals surface area contributed by atoms with Gasteiger partial charge >= 0.3 is 0 Å². The van der Waals surface area contributed by atoms with Crippen molar-refractivity contribution in [3.05, 3.63) is 18.0 Å². The van der Waals surface area contributed by atoms with Gasteiger partial charge in [-0.1, -0.05) is 0 Å². The molecule has 0 saturated heterocycles. The highest BCUT2D eigenvalue weighted by Gasteiger charge is 2.47. The van der Waals surface area contributed by atoms with Crippen LogP contribution in [0.25, 0.3) is 0 Å². The summed E-state index contributed by atoms with van der Waals surface area (Å²) >= 11 is 0. The van der Waals surface area contributed by atoms with Gasteiger partial charge in [0.15, 0.2) is 0 Å².